The van der Waals surface area contributed by atoms with Crippen LogP contribution in [-0.4, -0.2) is 14.3 Å². The molecule has 6 nitrogen and oxygen atoms in total. The molecule has 0 saturated heterocycles. The van der Waals surface area contributed by atoms with Crippen LogP contribution < -0.4 is 9.50 Å². The van der Waals surface area contributed by atoms with Gasteiger partial charge < -0.3 is 9.50 Å². The lowest BCUT2D eigenvalue weighted by atomic mass is 10.1. The van der Waals surface area contributed by atoms with Crippen molar-refractivity contribution in [2.45, 2.75) is 25.2 Å². The minimum Gasteiger partial charge on any atom is -0.379 e. The van der Waals surface area contributed by atoms with Crippen LogP contribution in [0.15, 0.2) is 83.3 Å². The zero-order valence-corrected chi connectivity index (χ0v) is 18.5. The van der Waals surface area contributed by atoms with Gasteiger partial charge in [-0.1, -0.05) is 48.9 Å². The number of rotatable bonds is 7. The average Bonchev–Trinajstić information content (AvgIpc) is 2.79. The third-order valence-electron chi connectivity index (χ3n) is 4.69. The van der Waals surface area contributed by atoms with Gasteiger partial charge in [0.2, 0.25) is 0 Å². The molecule has 32 heavy (non-hydrogen) atoms. The molecule has 0 radical (unpaired) electrons. The van der Waals surface area contributed by atoms with Crippen LogP contribution in [0.5, 0.6) is 5.75 Å². The number of amides is 1. The summed E-state index contributed by atoms with van der Waals surface area (Å²) in [6.45, 7) is 3.90. The molecule has 162 valence electrons. The maximum absolute atomic E-state index is 12.4. The highest BCUT2D eigenvalue weighted by Gasteiger charge is 2.16. The summed E-state index contributed by atoms with van der Waals surface area (Å²) in [7, 11) is -3.96. The Morgan fingerprint density at radius 2 is 1.62 bits per heavy atom. The Balaban J connectivity index is 1.71. The van der Waals surface area contributed by atoms with Crippen molar-refractivity contribution in [2.75, 3.05) is 5.32 Å². The van der Waals surface area contributed by atoms with Crippen molar-refractivity contribution in [1.82, 2.24) is 0 Å². The second-order valence-electron chi connectivity index (χ2n) is 7.09. The van der Waals surface area contributed by atoms with Crippen molar-refractivity contribution in [1.29, 1.82) is 5.26 Å². The van der Waals surface area contributed by atoms with Gasteiger partial charge in [-0.15, -0.1) is 0 Å². The van der Waals surface area contributed by atoms with Crippen LogP contribution in [-0.2, 0) is 21.3 Å². The topological polar surface area (TPSA) is 96.3 Å². The van der Waals surface area contributed by atoms with E-state index in [0.29, 0.717) is 11.3 Å². The van der Waals surface area contributed by atoms with Gasteiger partial charge in [0.05, 0.1) is 0 Å². The molecule has 7 heteroatoms. The first-order chi connectivity index (χ1) is 15.3. The van der Waals surface area contributed by atoms with E-state index in [1.807, 2.05) is 32.0 Å². The van der Waals surface area contributed by atoms with Gasteiger partial charge in [-0.3, -0.25) is 4.79 Å². The Morgan fingerprint density at radius 1 is 1.00 bits per heavy atom. The number of benzene rings is 3. The largest absolute Gasteiger partial charge is 0.379 e. The molecular weight excluding hydrogens is 424 g/mol. The van der Waals surface area contributed by atoms with E-state index in [4.69, 9.17) is 4.18 Å². The van der Waals surface area contributed by atoms with Gasteiger partial charge in [-0.25, -0.2) is 0 Å². The van der Waals surface area contributed by atoms with Crippen LogP contribution in [0, 0.1) is 18.3 Å². The van der Waals surface area contributed by atoms with Crippen molar-refractivity contribution in [3.05, 3.63) is 95.1 Å². The molecule has 0 aliphatic rings. The van der Waals surface area contributed by atoms with Crippen LogP contribution in [0.1, 0.15) is 23.6 Å². The molecular formula is C25H22N2O4S. The van der Waals surface area contributed by atoms with Crippen LogP contribution in [0.3, 0.4) is 0 Å². The average molecular weight is 447 g/mol. The summed E-state index contributed by atoms with van der Waals surface area (Å²) in [5.41, 5.74) is 3.16. The van der Waals surface area contributed by atoms with E-state index in [1.54, 1.807) is 36.4 Å². The SMILES string of the molecule is CCc1ccc(NC(=O)/C(C#N)=C/c2ccc(OS(=O)(=O)c3ccc(C)cc3)cc2)cc1. The normalized spacial score (nSPS) is 11.5. The Kier molecular flexibility index (Phi) is 7.08. The molecule has 0 saturated carbocycles. The lowest BCUT2D eigenvalue weighted by molar-refractivity contribution is -0.112. The van der Waals surface area contributed by atoms with E-state index in [-0.39, 0.29) is 16.2 Å². The van der Waals surface area contributed by atoms with E-state index in [9.17, 15) is 18.5 Å². The summed E-state index contributed by atoms with van der Waals surface area (Å²) >= 11 is 0. The maximum atomic E-state index is 12.4. The quantitative estimate of drug-likeness (QED) is 0.317. The highest BCUT2D eigenvalue weighted by Crippen LogP contribution is 2.21. The fraction of sp³-hybridized carbons (Fsp3) is 0.120. The molecule has 0 aliphatic heterocycles. The third-order valence-corrected chi connectivity index (χ3v) is 5.95. The van der Waals surface area contributed by atoms with E-state index >= 15 is 0 Å². The highest BCUT2D eigenvalue weighted by molar-refractivity contribution is 7.87. The molecule has 0 fully saturated rings. The van der Waals surface area contributed by atoms with E-state index in [1.165, 1.54) is 30.3 Å². The van der Waals surface area contributed by atoms with Gasteiger partial charge in [-0.05, 0) is 66.9 Å². The van der Waals surface area contributed by atoms with E-state index in [2.05, 4.69) is 5.32 Å². The summed E-state index contributed by atoms with van der Waals surface area (Å²) in [4.78, 5) is 12.5. The fourth-order valence-electron chi connectivity index (χ4n) is 2.84. The maximum Gasteiger partial charge on any atom is 0.339 e. The van der Waals surface area contributed by atoms with Crippen molar-refractivity contribution >= 4 is 27.8 Å². The monoisotopic (exact) mass is 446 g/mol. The Labute approximate surface area is 187 Å². The predicted octanol–water partition coefficient (Wildman–Crippen LogP) is 4.87. The summed E-state index contributed by atoms with van der Waals surface area (Å²) < 4.78 is 30.0. The molecule has 0 bridgehead atoms. The molecule has 3 rings (SSSR count). The fourth-order valence-corrected chi connectivity index (χ4v) is 3.77. The highest BCUT2D eigenvalue weighted by atomic mass is 32.2. The summed E-state index contributed by atoms with van der Waals surface area (Å²) in [5, 5.41) is 12.1. The zero-order valence-electron chi connectivity index (χ0n) is 17.7. The summed E-state index contributed by atoms with van der Waals surface area (Å²) in [6, 6.07) is 21.7. The van der Waals surface area contributed by atoms with Crippen molar-refractivity contribution in [3.63, 3.8) is 0 Å². The smallest absolute Gasteiger partial charge is 0.339 e. The van der Waals surface area contributed by atoms with E-state index < -0.39 is 16.0 Å². The molecule has 0 aromatic heterocycles. The number of hydrogen-bond donors (Lipinski definition) is 1. The van der Waals surface area contributed by atoms with Crippen LogP contribution in [0.25, 0.3) is 6.08 Å². The van der Waals surface area contributed by atoms with E-state index in [0.717, 1.165) is 17.5 Å². The van der Waals surface area contributed by atoms with Gasteiger partial charge in [0, 0.05) is 5.69 Å². The van der Waals surface area contributed by atoms with Crippen LogP contribution >= 0.6 is 0 Å². The molecule has 0 aliphatic carbocycles. The first kappa shape index (κ1) is 22.8. The number of anilines is 1. The van der Waals surface area contributed by atoms with Crippen molar-refractivity contribution in [3.8, 4) is 11.8 Å². The van der Waals surface area contributed by atoms with Gasteiger partial charge in [0.25, 0.3) is 5.91 Å². The number of carbonyl (C=O) groups excluding carboxylic acids is 1. The van der Waals surface area contributed by atoms with Crippen molar-refractivity contribution in [2.24, 2.45) is 0 Å². The second kappa shape index (κ2) is 9.94. The first-order valence-corrected chi connectivity index (χ1v) is 11.3. The minimum absolute atomic E-state index is 0.0579. The Bertz CT molecular complexity index is 1270. The number of nitriles is 1. The number of aryl methyl sites for hydroxylation is 2. The number of nitrogens with one attached hydrogen (secondary N) is 1. The lowest BCUT2D eigenvalue weighted by Crippen LogP contribution is -2.13. The molecule has 3 aromatic rings. The number of hydrogen-bond acceptors (Lipinski definition) is 5. The first-order valence-electron chi connectivity index (χ1n) is 9.94. The summed E-state index contributed by atoms with van der Waals surface area (Å²) in [6.07, 6.45) is 2.32. The number of carbonyl (C=O) groups is 1. The second-order valence-corrected chi connectivity index (χ2v) is 8.64. The Morgan fingerprint density at radius 3 is 2.19 bits per heavy atom. The molecule has 1 amide bonds. The summed E-state index contributed by atoms with van der Waals surface area (Å²) in [5.74, 6) is -0.402. The molecule has 1 N–H and O–H groups in total. The molecule has 3 aromatic carbocycles. The predicted molar refractivity (Wildman–Crippen MR) is 123 cm³/mol. The Hall–Kier alpha value is -3.89. The number of nitrogens with zero attached hydrogens (tertiary/aromatic N) is 1. The van der Waals surface area contributed by atoms with Gasteiger partial charge >= 0.3 is 10.1 Å². The van der Waals surface area contributed by atoms with Gasteiger partial charge in [0.15, 0.2) is 0 Å². The van der Waals surface area contributed by atoms with Gasteiger partial charge in [-0.2, -0.15) is 13.7 Å². The molecule has 0 heterocycles. The van der Waals surface area contributed by atoms with Crippen LogP contribution in [0.4, 0.5) is 5.69 Å². The zero-order chi connectivity index (χ0) is 23.1. The molecule has 0 atom stereocenters. The third kappa shape index (κ3) is 5.84. The van der Waals surface area contributed by atoms with Crippen molar-refractivity contribution < 1.29 is 17.4 Å². The minimum atomic E-state index is -3.96. The molecule has 0 unspecified atom stereocenters. The standard InChI is InChI=1S/C25H22N2O4S/c1-3-19-6-10-22(11-7-19)27-25(28)21(17-26)16-20-8-12-23(13-9-20)31-32(29,30)24-14-4-18(2)5-15-24/h4-16H,3H2,1-2H3,(H,27,28)/b21-16+. The van der Waals surface area contributed by atoms with Crippen LogP contribution in [0.2, 0.25) is 0 Å². The lowest BCUT2D eigenvalue weighted by Gasteiger charge is -2.08. The molecule has 0 spiro atoms. The van der Waals surface area contributed by atoms with Gasteiger partial charge in [0.1, 0.15) is 22.3 Å².